The summed E-state index contributed by atoms with van der Waals surface area (Å²) < 4.78 is 6.35. The Morgan fingerprint density at radius 2 is 1.96 bits per heavy atom. The third kappa shape index (κ3) is 3.61. The number of anilines is 1. The smallest absolute Gasteiger partial charge is 0.337 e. The summed E-state index contributed by atoms with van der Waals surface area (Å²) in [7, 11) is 3.16. The lowest BCUT2D eigenvalue weighted by molar-refractivity contribution is -0.111. The van der Waals surface area contributed by atoms with E-state index < -0.39 is 5.97 Å². The molecular formula is C19H18N4O3. The average Bonchev–Trinajstić information content (AvgIpc) is 2.93. The van der Waals surface area contributed by atoms with Gasteiger partial charge in [0.15, 0.2) is 5.65 Å². The molecule has 3 aromatic rings. The Kier molecular flexibility index (Phi) is 4.79. The summed E-state index contributed by atoms with van der Waals surface area (Å²) in [6.45, 7) is 1.90. The van der Waals surface area contributed by atoms with E-state index in [1.807, 2.05) is 20.0 Å². The Hall–Kier alpha value is -3.48. The Morgan fingerprint density at radius 1 is 1.23 bits per heavy atom. The topological polar surface area (TPSA) is 86.1 Å². The summed E-state index contributed by atoms with van der Waals surface area (Å²) >= 11 is 0. The highest BCUT2D eigenvalue weighted by Crippen LogP contribution is 2.19. The van der Waals surface area contributed by atoms with Crippen molar-refractivity contribution >= 4 is 34.7 Å². The van der Waals surface area contributed by atoms with Crippen LogP contribution in [0.1, 0.15) is 21.6 Å². The van der Waals surface area contributed by atoms with Crippen molar-refractivity contribution in [2.45, 2.75) is 6.92 Å². The number of nitrogens with one attached hydrogen (secondary N) is 1. The molecule has 2 heterocycles. The number of methoxy groups -OCH3 is 1. The number of hydrogen-bond acceptors (Lipinski definition) is 5. The molecule has 1 aromatic carbocycles. The molecule has 0 unspecified atom stereocenters. The number of hydrogen-bond donors (Lipinski definition) is 1. The van der Waals surface area contributed by atoms with E-state index in [9.17, 15) is 9.59 Å². The number of amides is 1. The minimum absolute atomic E-state index is 0.273. The first kappa shape index (κ1) is 17.3. The number of carbonyl (C=O) groups excluding carboxylic acids is 2. The van der Waals surface area contributed by atoms with Crippen LogP contribution in [0.5, 0.6) is 0 Å². The van der Waals surface area contributed by atoms with E-state index in [1.165, 1.54) is 13.2 Å². The molecule has 0 spiro atoms. The Balaban J connectivity index is 1.69. The molecule has 2 aromatic heterocycles. The zero-order chi connectivity index (χ0) is 18.7. The second kappa shape index (κ2) is 7.18. The fourth-order valence-electron chi connectivity index (χ4n) is 2.58. The van der Waals surface area contributed by atoms with Crippen LogP contribution in [-0.2, 0) is 16.6 Å². The lowest BCUT2D eigenvalue weighted by Gasteiger charge is -2.02. The molecule has 0 aliphatic rings. The SMILES string of the molecule is COC(=O)c1ccc(/C=C/C(=O)Nc2cnc3c(c2)c(C)nn3C)cc1. The lowest BCUT2D eigenvalue weighted by atomic mass is 10.1. The van der Waals surface area contributed by atoms with Crippen molar-refractivity contribution < 1.29 is 14.3 Å². The quantitative estimate of drug-likeness (QED) is 0.577. The molecule has 0 fully saturated rings. The number of nitrogens with zero attached hydrogens (tertiary/aromatic N) is 3. The third-order valence-corrected chi connectivity index (χ3v) is 3.89. The van der Waals surface area contributed by atoms with Crippen LogP contribution >= 0.6 is 0 Å². The van der Waals surface area contributed by atoms with Crippen molar-refractivity contribution in [3.63, 3.8) is 0 Å². The normalized spacial score (nSPS) is 11.0. The first-order valence-corrected chi connectivity index (χ1v) is 7.94. The summed E-state index contributed by atoms with van der Waals surface area (Å²) in [4.78, 5) is 27.8. The van der Waals surface area contributed by atoms with Crippen LogP contribution in [0.3, 0.4) is 0 Å². The molecule has 0 atom stereocenters. The number of benzene rings is 1. The molecule has 0 saturated heterocycles. The molecule has 0 aliphatic carbocycles. The van der Waals surface area contributed by atoms with E-state index in [4.69, 9.17) is 0 Å². The zero-order valence-corrected chi connectivity index (χ0v) is 14.7. The summed E-state index contributed by atoms with van der Waals surface area (Å²) in [6, 6.07) is 8.62. The van der Waals surface area contributed by atoms with Gasteiger partial charge in [0, 0.05) is 18.5 Å². The Morgan fingerprint density at radius 3 is 2.65 bits per heavy atom. The molecule has 26 heavy (non-hydrogen) atoms. The van der Waals surface area contributed by atoms with Crippen LogP contribution in [0.4, 0.5) is 5.69 Å². The van der Waals surface area contributed by atoms with Gasteiger partial charge >= 0.3 is 5.97 Å². The molecule has 7 heteroatoms. The van der Waals surface area contributed by atoms with Gasteiger partial charge in [-0.05, 0) is 36.8 Å². The minimum Gasteiger partial charge on any atom is -0.465 e. The van der Waals surface area contributed by atoms with E-state index in [0.717, 1.165) is 22.3 Å². The van der Waals surface area contributed by atoms with Gasteiger partial charge in [-0.3, -0.25) is 9.48 Å². The monoisotopic (exact) mass is 350 g/mol. The highest BCUT2D eigenvalue weighted by Gasteiger charge is 2.08. The maximum atomic E-state index is 12.1. The number of carbonyl (C=O) groups is 2. The largest absolute Gasteiger partial charge is 0.465 e. The van der Waals surface area contributed by atoms with E-state index in [1.54, 1.807) is 41.2 Å². The molecule has 0 bridgehead atoms. The van der Waals surface area contributed by atoms with Crippen LogP contribution in [-0.4, -0.2) is 33.8 Å². The maximum absolute atomic E-state index is 12.1. The van der Waals surface area contributed by atoms with Gasteiger partial charge in [0.05, 0.1) is 30.3 Å². The second-order valence-corrected chi connectivity index (χ2v) is 5.74. The zero-order valence-electron chi connectivity index (χ0n) is 14.7. The van der Waals surface area contributed by atoms with Crippen LogP contribution in [0.25, 0.3) is 17.1 Å². The van der Waals surface area contributed by atoms with Gasteiger partial charge in [-0.25, -0.2) is 9.78 Å². The Bertz CT molecular complexity index is 1000. The highest BCUT2D eigenvalue weighted by atomic mass is 16.5. The highest BCUT2D eigenvalue weighted by molar-refractivity contribution is 6.02. The number of fused-ring (bicyclic) bond motifs is 1. The minimum atomic E-state index is -0.396. The lowest BCUT2D eigenvalue weighted by Crippen LogP contribution is -2.08. The summed E-state index contributed by atoms with van der Waals surface area (Å²) in [5, 5.41) is 7.98. The molecule has 0 aliphatic heterocycles. The summed E-state index contributed by atoms with van der Waals surface area (Å²) in [5.41, 5.74) is 3.48. The van der Waals surface area contributed by atoms with Crippen molar-refractivity contribution in [3.8, 4) is 0 Å². The van der Waals surface area contributed by atoms with Crippen molar-refractivity contribution in [1.29, 1.82) is 0 Å². The van der Waals surface area contributed by atoms with E-state index in [-0.39, 0.29) is 5.91 Å². The van der Waals surface area contributed by atoms with Gasteiger partial charge < -0.3 is 10.1 Å². The number of pyridine rings is 1. The van der Waals surface area contributed by atoms with E-state index >= 15 is 0 Å². The van der Waals surface area contributed by atoms with Gasteiger partial charge in [0.1, 0.15) is 0 Å². The standard InChI is InChI=1S/C19H18N4O3/c1-12-16-10-15(11-20-18(16)23(2)22-12)21-17(24)9-6-13-4-7-14(8-5-13)19(25)26-3/h4-11H,1-3H3,(H,21,24)/b9-6+. The molecule has 0 saturated carbocycles. The number of aryl methyl sites for hydroxylation is 2. The fraction of sp³-hybridized carbons (Fsp3) is 0.158. The summed E-state index contributed by atoms with van der Waals surface area (Å²) in [5.74, 6) is -0.670. The first-order chi connectivity index (χ1) is 12.5. The van der Waals surface area contributed by atoms with Crippen LogP contribution in [0.15, 0.2) is 42.6 Å². The van der Waals surface area contributed by atoms with Crippen LogP contribution < -0.4 is 5.32 Å². The predicted octanol–water partition coefficient (Wildman–Crippen LogP) is 2.72. The number of ether oxygens (including phenoxy) is 1. The Labute approximate surface area is 150 Å². The average molecular weight is 350 g/mol. The fourth-order valence-corrected chi connectivity index (χ4v) is 2.58. The van der Waals surface area contributed by atoms with Gasteiger partial charge in [-0.1, -0.05) is 12.1 Å². The van der Waals surface area contributed by atoms with Crippen LogP contribution in [0, 0.1) is 6.92 Å². The molecule has 132 valence electrons. The summed E-state index contributed by atoms with van der Waals surface area (Å²) in [6.07, 6.45) is 4.69. The number of rotatable bonds is 4. The van der Waals surface area contributed by atoms with E-state index in [2.05, 4.69) is 20.1 Å². The maximum Gasteiger partial charge on any atom is 0.337 e. The molecular weight excluding hydrogens is 332 g/mol. The molecule has 3 rings (SSSR count). The van der Waals surface area contributed by atoms with Crippen molar-refractivity contribution in [1.82, 2.24) is 14.8 Å². The predicted molar refractivity (Wildman–Crippen MR) is 98.7 cm³/mol. The van der Waals surface area contributed by atoms with Gasteiger partial charge in [0.25, 0.3) is 0 Å². The van der Waals surface area contributed by atoms with Gasteiger partial charge in [0.2, 0.25) is 5.91 Å². The van der Waals surface area contributed by atoms with E-state index in [0.29, 0.717) is 11.3 Å². The van der Waals surface area contributed by atoms with Gasteiger partial charge in [-0.15, -0.1) is 0 Å². The first-order valence-electron chi connectivity index (χ1n) is 7.94. The van der Waals surface area contributed by atoms with Crippen molar-refractivity contribution in [2.75, 3.05) is 12.4 Å². The van der Waals surface area contributed by atoms with Crippen LogP contribution in [0.2, 0.25) is 0 Å². The molecule has 1 N–H and O–H groups in total. The molecule has 7 nitrogen and oxygen atoms in total. The molecule has 1 amide bonds. The number of esters is 1. The number of aromatic nitrogens is 3. The third-order valence-electron chi connectivity index (χ3n) is 3.89. The second-order valence-electron chi connectivity index (χ2n) is 5.74. The van der Waals surface area contributed by atoms with Crippen molar-refractivity contribution in [3.05, 3.63) is 59.4 Å². The molecule has 0 radical (unpaired) electrons. The van der Waals surface area contributed by atoms with Crippen molar-refractivity contribution in [2.24, 2.45) is 7.05 Å². The van der Waals surface area contributed by atoms with Gasteiger partial charge in [-0.2, -0.15) is 5.10 Å².